The lowest BCUT2D eigenvalue weighted by atomic mass is 10.0. The van der Waals surface area contributed by atoms with Gasteiger partial charge in [-0.2, -0.15) is 0 Å². The van der Waals surface area contributed by atoms with Crippen LogP contribution in [0, 0.1) is 10.8 Å². The molecular weight excluding hydrogens is 442 g/mol. The van der Waals surface area contributed by atoms with Crippen LogP contribution in [0.15, 0.2) is 48.5 Å². The number of amides is 1. The zero-order chi connectivity index (χ0) is 24.9. The molecule has 0 saturated carbocycles. The normalized spacial score (nSPS) is 11.0. The van der Waals surface area contributed by atoms with Gasteiger partial charge in [-0.1, -0.05) is 24.3 Å². The minimum Gasteiger partial charge on any atom is -0.497 e. The third-order valence-corrected chi connectivity index (χ3v) is 4.66. The molecule has 2 rings (SSSR count). The van der Waals surface area contributed by atoms with E-state index in [0.717, 1.165) is 16.9 Å². The molecule has 10 heteroatoms. The van der Waals surface area contributed by atoms with Gasteiger partial charge in [0, 0.05) is 19.8 Å². The first-order valence-electron chi connectivity index (χ1n) is 10.5. The molecule has 1 atom stereocenters. The molecule has 2 aromatic carbocycles. The van der Waals surface area contributed by atoms with Crippen LogP contribution in [0.2, 0.25) is 0 Å². The first kappa shape index (κ1) is 26.2. The van der Waals surface area contributed by atoms with Crippen molar-refractivity contribution in [3.63, 3.8) is 0 Å². The Hall–Kier alpha value is -4.08. The highest BCUT2D eigenvalue weighted by atomic mass is 16.7. The Labute approximate surface area is 198 Å². The van der Waals surface area contributed by atoms with E-state index in [0.29, 0.717) is 12.2 Å². The van der Waals surface area contributed by atoms with Gasteiger partial charge >= 0.3 is 12.1 Å². The van der Waals surface area contributed by atoms with Gasteiger partial charge in [0.05, 0.1) is 14.2 Å². The topological polar surface area (TPSA) is 140 Å². The maximum absolute atomic E-state index is 12.4. The quantitative estimate of drug-likeness (QED) is 0.198. The van der Waals surface area contributed by atoms with Crippen molar-refractivity contribution in [3.05, 3.63) is 59.7 Å². The van der Waals surface area contributed by atoms with Gasteiger partial charge in [0.15, 0.2) is 5.90 Å². The fourth-order valence-corrected chi connectivity index (χ4v) is 2.89. The van der Waals surface area contributed by atoms with Crippen LogP contribution in [-0.2, 0) is 36.6 Å². The van der Waals surface area contributed by atoms with Crippen LogP contribution >= 0.6 is 0 Å². The van der Waals surface area contributed by atoms with Gasteiger partial charge in [0.25, 0.3) is 0 Å². The van der Waals surface area contributed by atoms with Crippen molar-refractivity contribution in [2.75, 3.05) is 21.0 Å². The minimum atomic E-state index is -0.844. The van der Waals surface area contributed by atoms with Crippen molar-refractivity contribution in [2.24, 2.45) is 0 Å². The van der Waals surface area contributed by atoms with Gasteiger partial charge in [0.1, 0.15) is 17.5 Å². The maximum atomic E-state index is 12.4. The number of methoxy groups -OCH3 is 2. The summed E-state index contributed by atoms with van der Waals surface area (Å²) < 4.78 is 24.9. The van der Waals surface area contributed by atoms with E-state index in [2.05, 4.69) is 5.32 Å². The van der Waals surface area contributed by atoms with Gasteiger partial charge < -0.3 is 29.0 Å². The van der Waals surface area contributed by atoms with E-state index < -0.39 is 18.1 Å². The predicted octanol–water partition coefficient (Wildman–Crippen LogP) is 2.83. The summed E-state index contributed by atoms with van der Waals surface area (Å²) in [5.41, 5.74) is 1.74. The van der Waals surface area contributed by atoms with E-state index in [9.17, 15) is 9.59 Å². The van der Waals surface area contributed by atoms with Crippen molar-refractivity contribution < 1.29 is 33.3 Å². The zero-order valence-corrected chi connectivity index (χ0v) is 19.4. The molecule has 0 radical (unpaired) electrons. The van der Waals surface area contributed by atoms with Gasteiger partial charge in [-0.3, -0.25) is 10.2 Å². The van der Waals surface area contributed by atoms with Crippen molar-refractivity contribution in [1.82, 2.24) is 5.32 Å². The van der Waals surface area contributed by atoms with Gasteiger partial charge in [-0.05, 0) is 41.8 Å². The number of hydrogen-bond acceptors (Lipinski definition) is 9. The lowest BCUT2D eigenvalue weighted by molar-refractivity contribution is -0.145. The molecule has 0 bridgehead atoms. The summed E-state index contributed by atoms with van der Waals surface area (Å²) in [6.45, 7) is 1.14. The standard InChI is InChI=1S/C24H29N3O7/c1-16(25)32-15-33-24(26)34-20-11-6-18(7-12-20)14-21(23(29)31-3)27-22(28)13-8-17-4-9-19(30-2)10-5-17/h4-7,9-12,21,25-26H,8,13-15H2,1-3H3,(H,27,28). The van der Waals surface area contributed by atoms with Gasteiger partial charge in [0.2, 0.25) is 12.7 Å². The molecule has 182 valence electrons. The fourth-order valence-electron chi connectivity index (χ4n) is 2.89. The predicted molar refractivity (Wildman–Crippen MR) is 124 cm³/mol. The van der Waals surface area contributed by atoms with E-state index in [1.807, 2.05) is 24.3 Å². The number of ether oxygens (including phenoxy) is 5. The number of carbonyl (C=O) groups excluding carboxylic acids is 2. The molecule has 0 aliphatic carbocycles. The van der Waals surface area contributed by atoms with E-state index in [1.165, 1.54) is 14.0 Å². The second-order valence-corrected chi connectivity index (χ2v) is 7.19. The molecule has 3 N–H and O–H groups in total. The first-order valence-corrected chi connectivity index (χ1v) is 10.5. The monoisotopic (exact) mass is 471 g/mol. The molecule has 1 unspecified atom stereocenters. The lowest BCUT2D eigenvalue weighted by Gasteiger charge is -2.17. The summed E-state index contributed by atoms with van der Waals surface area (Å²) in [6, 6.07) is 13.2. The Morgan fingerprint density at radius 1 is 0.912 bits per heavy atom. The number of benzene rings is 2. The van der Waals surface area contributed by atoms with Crippen LogP contribution in [0.25, 0.3) is 0 Å². The summed E-state index contributed by atoms with van der Waals surface area (Å²) in [5.74, 6) is 0.240. The molecule has 0 aliphatic rings. The Morgan fingerprint density at radius 3 is 2.12 bits per heavy atom. The highest BCUT2D eigenvalue weighted by molar-refractivity contribution is 5.84. The Bertz CT molecular complexity index is 975. The Kier molecular flexibility index (Phi) is 10.4. The molecule has 0 aliphatic heterocycles. The Balaban J connectivity index is 1.88. The Morgan fingerprint density at radius 2 is 1.53 bits per heavy atom. The van der Waals surface area contributed by atoms with Crippen LogP contribution in [-0.4, -0.2) is 50.9 Å². The summed E-state index contributed by atoms with van der Waals surface area (Å²) in [7, 11) is 2.86. The van der Waals surface area contributed by atoms with Crippen molar-refractivity contribution >= 4 is 23.9 Å². The number of aryl methyl sites for hydroxylation is 1. The molecule has 10 nitrogen and oxygen atoms in total. The molecule has 0 spiro atoms. The highest BCUT2D eigenvalue weighted by Gasteiger charge is 2.22. The summed E-state index contributed by atoms with van der Waals surface area (Å²) in [5, 5.41) is 17.5. The average molecular weight is 472 g/mol. The molecule has 0 saturated heterocycles. The number of rotatable bonds is 11. The molecular formula is C24H29N3O7. The number of esters is 1. The smallest absolute Gasteiger partial charge is 0.389 e. The zero-order valence-electron chi connectivity index (χ0n) is 19.4. The van der Waals surface area contributed by atoms with E-state index >= 15 is 0 Å². The third kappa shape index (κ3) is 9.19. The second kappa shape index (κ2) is 13.5. The maximum Gasteiger partial charge on any atom is 0.389 e. The van der Waals surface area contributed by atoms with Gasteiger partial charge in [-0.15, -0.1) is 0 Å². The second-order valence-electron chi connectivity index (χ2n) is 7.19. The fraction of sp³-hybridized carbons (Fsp3) is 0.333. The summed E-state index contributed by atoms with van der Waals surface area (Å²) in [6.07, 6.45) is 0.483. The molecule has 34 heavy (non-hydrogen) atoms. The largest absolute Gasteiger partial charge is 0.497 e. The molecule has 0 aromatic heterocycles. The number of carbonyl (C=O) groups is 2. The number of nitrogens with one attached hydrogen (secondary N) is 3. The first-order chi connectivity index (χ1) is 16.3. The van der Waals surface area contributed by atoms with Crippen LogP contribution in [0.3, 0.4) is 0 Å². The lowest BCUT2D eigenvalue weighted by Crippen LogP contribution is -2.43. The van der Waals surface area contributed by atoms with Crippen molar-refractivity contribution in [1.29, 1.82) is 10.8 Å². The van der Waals surface area contributed by atoms with Crippen molar-refractivity contribution in [2.45, 2.75) is 32.2 Å². The van der Waals surface area contributed by atoms with E-state index in [4.69, 9.17) is 34.5 Å². The summed E-state index contributed by atoms with van der Waals surface area (Å²) >= 11 is 0. The van der Waals surface area contributed by atoms with E-state index in [1.54, 1.807) is 31.4 Å². The number of hydrogen-bond donors (Lipinski definition) is 3. The van der Waals surface area contributed by atoms with Gasteiger partial charge in [-0.25, -0.2) is 10.2 Å². The molecule has 2 aromatic rings. The molecule has 1 amide bonds. The average Bonchev–Trinajstić information content (AvgIpc) is 2.83. The molecule has 0 fully saturated rings. The van der Waals surface area contributed by atoms with Crippen LogP contribution in [0.5, 0.6) is 11.5 Å². The SMILES string of the molecule is COC(=O)C(Cc1ccc(OC(=N)OCOC(C)=N)cc1)NC(=O)CCc1ccc(OC)cc1. The van der Waals surface area contributed by atoms with Crippen LogP contribution in [0.4, 0.5) is 0 Å². The van der Waals surface area contributed by atoms with E-state index in [-0.39, 0.29) is 31.4 Å². The van der Waals surface area contributed by atoms with Crippen LogP contribution < -0.4 is 14.8 Å². The molecule has 0 heterocycles. The third-order valence-electron chi connectivity index (χ3n) is 4.66. The summed E-state index contributed by atoms with van der Waals surface area (Å²) in [4.78, 5) is 24.6. The van der Waals surface area contributed by atoms with Crippen LogP contribution in [0.1, 0.15) is 24.5 Å². The van der Waals surface area contributed by atoms with Crippen molar-refractivity contribution in [3.8, 4) is 11.5 Å². The highest BCUT2D eigenvalue weighted by Crippen LogP contribution is 2.15. The minimum absolute atomic E-state index is 0.0369.